The molecule has 1 nitrogen and oxygen atoms in total. The Labute approximate surface area is 60.1 Å². The van der Waals surface area contributed by atoms with Crippen molar-refractivity contribution in [2.45, 2.75) is 32.1 Å². The maximum absolute atomic E-state index is 12.3. The molecule has 0 radical (unpaired) electrons. The van der Waals surface area contributed by atoms with Gasteiger partial charge in [-0.15, -0.1) is 0 Å². The SMILES string of the molecule is CC1CCCC1(F)F.CO. The Hall–Kier alpha value is -0.180. The molecule has 1 rings (SSSR count). The van der Waals surface area contributed by atoms with Crippen molar-refractivity contribution in [3.8, 4) is 0 Å². The highest BCUT2D eigenvalue weighted by Gasteiger charge is 2.40. The van der Waals surface area contributed by atoms with Crippen LogP contribution < -0.4 is 0 Å². The molecule has 0 aromatic rings. The van der Waals surface area contributed by atoms with Crippen LogP contribution in [-0.4, -0.2) is 18.1 Å². The summed E-state index contributed by atoms with van der Waals surface area (Å²) in [5.74, 6) is -2.72. The van der Waals surface area contributed by atoms with Crippen molar-refractivity contribution < 1.29 is 13.9 Å². The minimum Gasteiger partial charge on any atom is -0.400 e. The van der Waals surface area contributed by atoms with E-state index >= 15 is 0 Å². The third kappa shape index (κ3) is 2.21. The molecule has 1 N–H and O–H groups in total. The average molecular weight is 152 g/mol. The molecule has 0 aliphatic heterocycles. The molecule has 1 aliphatic carbocycles. The van der Waals surface area contributed by atoms with Gasteiger partial charge < -0.3 is 5.11 Å². The predicted octanol–water partition coefficient (Wildman–Crippen LogP) is 2.05. The zero-order valence-electron chi connectivity index (χ0n) is 6.40. The fraction of sp³-hybridized carbons (Fsp3) is 1.00. The van der Waals surface area contributed by atoms with Crippen molar-refractivity contribution in [3.63, 3.8) is 0 Å². The number of aliphatic hydroxyl groups excluding tert-OH is 1. The van der Waals surface area contributed by atoms with E-state index in [1.165, 1.54) is 0 Å². The van der Waals surface area contributed by atoms with Gasteiger partial charge in [0.25, 0.3) is 5.92 Å². The van der Waals surface area contributed by atoms with Crippen LogP contribution >= 0.6 is 0 Å². The molecule has 0 aromatic carbocycles. The van der Waals surface area contributed by atoms with Crippen molar-refractivity contribution >= 4 is 0 Å². The lowest BCUT2D eigenvalue weighted by Crippen LogP contribution is -2.17. The molecule has 0 spiro atoms. The van der Waals surface area contributed by atoms with Crippen molar-refractivity contribution in [1.82, 2.24) is 0 Å². The van der Waals surface area contributed by atoms with Crippen molar-refractivity contribution in [2.24, 2.45) is 5.92 Å². The molecule has 62 valence electrons. The number of hydrogen-bond donors (Lipinski definition) is 1. The molecule has 1 unspecified atom stereocenters. The number of aliphatic hydroxyl groups is 1. The smallest absolute Gasteiger partial charge is 0.250 e. The average Bonchev–Trinajstić information content (AvgIpc) is 2.17. The van der Waals surface area contributed by atoms with Crippen LogP contribution in [-0.2, 0) is 0 Å². The number of hydrogen-bond acceptors (Lipinski definition) is 1. The van der Waals surface area contributed by atoms with E-state index in [0.717, 1.165) is 7.11 Å². The second-order valence-electron chi connectivity index (χ2n) is 2.55. The molecule has 1 aliphatic rings. The Morgan fingerprint density at radius 1 is 1.40 bits per heavy atom. The largest absolute Gasteiger partial charge is 0.400 e. The third-order valence-electron chi connectivity index (χ3n) is 1.87. The van der Waals surface area contributed by atoms with Gasteiger partial charge in [0.1, 0.15) is 0 Å². The van der Waals surface area contributed by atoms with Gasteiger partial charge in [0.05, 0.1) is 0 Å². The highest BCUT2D eigenvalue weighted by Crippen LogP contribution is 2.39. The maximum atomic E-state index is 12.3. The van der Waals surface area contributed by atoms with Crippen LogP contribution in [0, 0.1) is 5.92 Å². The van der Waals surface area contributed by atoms with Gasteiger partial charge in [-0.25, -0.2) is 8.78 Å². The molecule has 1 atom stereocenters. The first-order valence-corrected chi connectivity index (χ1v) is 3.45. The Morgan fingerprint density at radius 3 is 2.00 bits per heavy atom. The minimum absolute atomic E-state index is 0.105. The summed E-state index contributed by atoms with van der Waals surface area (Å²) in [4.78, 5) is 0. The summed E-state index contributed by atoms with van der Waals surface area (Å²) >= 11 is 0. The van der Waals surface area contributed by atoms with Crippen LogP contribution in [0.5, 0.6) is 0 Å². The molecular formula is C7H14F2O. The topological polar surface area (TPSA) is 20.2 Å². The highest BCUT2D eigenvalue weighted by atomic mass is 19.3. The van der Waals surface area contributed by atoms with Crippen molar-refractivity contribution in [2.75, 3.05) is 7.11 Å². The highest BCUT2D eigenvalue weighted by molar-refractivity contribution is 4.80. The molecule has 0 heterocycles. The van der Waals surface area contributed by atoms with E-state index in [9.17, 15) is 8.78 Å². The van der Waals surface area contributed by atoms with Gasteiger partial charge in [0.15, 0.2) is 0 Å². The second kappa shape index (κ2) is 3.86. The van der Waals surface area contributed by atoms with Gasteiger partial charge in [-0.05, 0) is 12.8 Å². The molecule has 0 aromatic heterocycles. The van der Waals surface area contributed by atoms with E-state index in [2.05, 4.69) is 0 Å². The van der Waals surface area contributed by atoms with Gasteiger partial charge in [0.2, 0.25) is 0 Å². The van der Waals surface area contributed by atoms with E-state index in [-0.39, 0.29) is 12.3 Å². The molecular weight excluding hydrogens is 138 g/mol. The summed E-state index contributed by atoms with van der Waals surface area (Å²) < 4.78 is 24.7. The fourth-order valence-electron chi connectivity index (χ4n) is 1.10. The molecule has 0 amide bonds. The van der Waals surface area contributed by atoms with Crippen molar-refractivity contribution in [1.29, 1.82) is 0 Å². The zero-order valence-corrected chi connectivity index (χ0v) is 6.40. The molecule has 0 saturated heterocycles. The standard InChI is InChI=1S/C6H10F2.CH4O/c1-5-3-2-4-6(5,7)8;1-2/h5H,2-4H2,1H3;2H,1H3. The lowest BCUT2D eigenvalue weighted by Gasteiger charge is -2.12. The lowest BCUT2D eigenvalue weighted by molar-refractivity contribution is -0.0299. The van der Waals surface area contributed by atoms with Gasteiger partial charge >= 0.3 is 0 Å². The van der Waals surface area contributed by atoms with Crippen LogP contribution in [0.2, 0.25) is 0 Å². The first-order chi connectivity index (χ1) is 4.63. The molecule has 1 saturated carbocycles. The predicted molar refractivity (Wildman–Crippen MR) is 36.1 cm³/mol. The van der Waals surface area contributed by atoms with E-state index < -0.39 is 5.92 Å². The van der Waals surface area contributed by atoms with Crippen molar-refractivity contribution in [3.05, 3.63) is 0 Å². The van der Waals surface area contributed by atoms with Crippen LogP contribution in [0.4, 0.5) is 8.78 Å². The number of alkyl halides is 2. The summed E-state index contributed by atoms with van der Waals surface area (Å²) in [6.07, 6.45) is 1.51. The monoisotopic (exact) mass is 152 g/mol. The summed E-state index contributed by atoms with van der Waals surface area (Å²) in [5, 5.41) is 7.00. The van der Waals surface area contributed by atoms with Crippen LogP contribution in [0.25, 0.3) is 0 Å². The summed E-state index contributed by atoms with van der Waals surface area (Å²) in [7, 11) is 1.00. The van der Waals surface area contributed by atoms with Gasteiger partial charge in [-0.2, -0.15) is 0 Å². The second-order valence-corrected chi connectivity index (χ2v) is 2.55. The van der Waals surface area contributed by atoms with Crippen LogP contribution in [0.1, 0.15) is 26.2 Å². The summed E-state index contributed by atoms with van der Waals surface area (Å²) in [6.45, 7) is 1.62. The van der Waals surface area contributed by atoms with Gasteiger partial charge in [0, 0.05) is 19.4 Å². The normalized spacial score (nSPS) is 29.1. The fourth-order valence-corrected chi connectivity index (χ4v) is 1.10. The first kappa shape index (κ1) is 9.82. The molecule has 1 fully saturated rings. The molecule has 10 heavy (non-hydrogen) atoms. The summed E-state index contributed by atoms with van der Waals surface area (Å²) in [5.41, 5.74) is 0. The first-order valence-electron chi connectivity index (χ1n) is 3.45. The molecule has 0 bridgehead atoms. The molecule has 3 heteroatoms. The van der Waals surface area contributed by atoms with E-state index in [0.29, 0.717) is 12.8 Å². The summed E-state index contributed by atoms with van der Waals surface area (Å²) in [6, 6.07) is 0. The van der Waals surface area contributed by atoms with Crippen LogP contribution in [0.15, 0.2) is 0 Å². The maximum Gasteiger partial charge on any atom is 0.250 e. The lowest BCUT2D eigenvalue weighted by atomic mass is 10.1. The number of rotatable bonds is 0. The Morgan fingerprint density at radius 2 is 1.90 bits per heavy atom. The third-order valence-corrected chi connectivity index (χ3v) is 1.87. The van der Waals surface area contributed by atoms with E-state index in [1.807, 2.05) is 0 Å². The zero-order chi connectivity index (χ0) is 8.20. The Balaban J connectivity index is 0.000000371. The Bertz CT molecular complexity index is 93.6. The van der Waals surface area contributed by atoms with E-state index in [1.54, 1.807) is 6.92 Å². The van der Waals surface area contributed by atoms with Gasteiger partial charge in [-0.1, -0.05) is 6.92 Å². The van der Waals surface area contributed by atoms with E-state index in [4.69, 9.17) is 5.11 Å². The number of halogens is 2. The van der Waals surface area contributed by atoms with Crippen LogP contribution in [0.3, 0.4) is 0 Å². The van der Waals surface area contributed by atoms with Gasteiger partial charge in [-0.3, -0.25) is 0 Å². The minimum atomic E-state index is -2.35. The quantitative estimate of drug-likeness (QED) is 0.563. The Kier molecular flexibility index (Phi) is 3.79.